The van der Waals surface area contributed by atoms with E-state index in [-0.39, 0.29) is 12.1 Å². The van der Waals surface area contributed by atoms with E-state index in [1.165, 1.54) is 20.9 Å². The van der Waals surface area contributed by atoms with E-state index in [2.05, 4.69) is 50.4 Å². The van der Waals surface area contributed by atoms with Gasteiger partial charge in [-0.25, -0.2) is 0 Å². The molecule has 0 saturated carbocycles. The van der Waals surface area contributed by atoms with Crippen molar-refractivity contribution >= 4 is 11.3 Å². The summed E-state index contributed by atoms with van der Waals surface area (Å²) in [5.41, 5.74) is 2.70. The van der Waals surface area contributed by atoms with E-state index in [1.807, 2.05) is 17.4 Å². The van der Waals surface area contributed by atoms with Gasteiger partial charge in [-0.1, -0.05) is 25.1 Å². The third-order valence-corrected chi connectivity index (χ3v) is 5.07. The molecule has 20 heavy (non-hydrogen) atoms. The first kappa shape index (κ1) is 13.7. The molecule has 0 fully saturated rings. The van der Waals surface area contributed by atoms with Crippen LogP contribution in [-0.4, -0.2) is 12.6 Å². The molecule has 0 saturated heterocycles. The molecule has 1 aliphatic rings. The van der Waals surface area contributed by atoms with Crippen molar-refractivity contribution in [2.24, 2.45) is 0 Å². The van der Waals surface area contributed by atoms with Gasteiger partial charge in [-0.3, -0.25) is 0 Å². The Morgan fingerprint density at radius 3 is 2.80 bits per heavy atom. The van der Waals surface area contributed by atoms with Gasteiger partial charge in [0.15, 0.2) is 0 Å². The van der Waals surface area contributed by atoms with Crippen LogP contribution in [-0.2, 0) is 6.42 Å². The van der Waals surface area contributed by atoms with Gasteiger partial charge in [0.1, 0.15) is 11.9 Å². The molecular weight excluding hydrogens is 266 g/mol. The molecule has 2 nitrogen and oxygen atoms in total. The highest BCUT2D eigenvalue weighted by Gasteiger charge is 2.32. The Labute approximate surface area is 124 Å². The summed E-state index contributed by atoms with van der Waals surface area (Å²) in [4.78, 5) is 2.79. The zero-order valence-electron chi connectivity index (χ0n) is 12.3. The number of hydrogen-bond acceptors (Lipinski definition) is 3. The third kappa shape index (κ3) is 2.48. The fraction of sp³-hybridized carbons (Fsp3) is 0.412. The van der Waals surface area contributed by atoms with Gasteiger partial charge in [0.05, 0.1) is 6.04 Å². The van der Waals surface area contributed by atoms with Crippen molar-refractivity contribution in [3.05, 3.63) is 51.2 Å². The van der Waals surface area contributed by atoms with Crippen molar-refractivity contribution in [2.45, 2.75) is 39.3 Å². The number of nitrogens with one attached hydrogen (secondary N) is 1. The van der Waals surface area contributed by atoms with Crippen molar-refractivity contribution < 1.29 is 4.74 Å². The number of ether oxygens (including phenoxy) is 1. The monoisotopic (exact) mass is 287 g/mol. The number of aryl methyl sites for hydroxylation is 2. The fourth-order valence-electron chi connectivity index (χ4n) is 2.98. The maximum absolute atomic E-state index is 6.18. The van der Waals surface area contributed by atoms with E-state index in [9.17, 15) is 0 Å². The van der Waals surface area contributed by atoms with E-state index in [0.29, 0.717) is 0 Å². The van der Waals surface area contributed by atoms with Gasteiger partial charge in [0, 0.05) is 16.2 Å². The molecule has 3 heteroatoms. The van der Waals surface area contributed by atoms with Gasteiger partial charge >= 0.3 is 0 Å². The van der Waals surface area contributed by atoms with Gasteiger partial charge in [-0.2, -0.15) is 0 Å². The number of rotatable bonds is 4. The largest absolute Gasteiger partial charge is 0.488 e. The Bertz CT molecular complexity index is 580. The lowest BCUT2D eigenvalue weighted by atomic mass is 10.0. The third-order valence-electron chi connectivity index (χ3n) is 3.83. The van der Waals surface area contributed by atoms with Gasteiger partial charge in [-0.05, 0) is 43.7 Å². The Kier molecular flexibility index (Phi) is 3.81. The van der Waals surface area contributed by atoms with Crippen LogP contribution in [0.2, 0.25) is 0 Å². The highest BCUT2D eigenvalue weighted by Crippen LogP contribution is 2.37. The summed E-state index contributed by atoms with van der Waals surface area (Å²) in [6.45, 7) is 7.49. The number of para-hydroxylation sites is 1. The van der Waals surface area contributed by atoms with E-state index < -0.39 is 0 Å². The normalized spacial score (nSPS) is 18.6. The smallest absolute Gasteiger partial charge is 0.123 e. The summed E-state index contributed by atoms with van der Waals surface area (Å²) in [5, 5.41) is 3.62. The summed E-state index contributed by atoms with van der Waals surface area (Å²) in [7, 11) is 0. The molecule has 2 atom stereocenters. The first-order valence-electron chi connectivity index (χ1n) is 7.24. The zero-order valence-corrected chi connectivity index (χ0v) is 13.1. The van der Waals surface area contributed by atoms with E-state index in [4.69, 9.17) is 4.74 Å². The minimum atomic E-state index is 0.198. The van der Waals surface area contributed by atoms with E-state index >= 15 is 0 Å². The van der Waals surface area contributed by atoms with Crippen LogP contribution in [0, 0.1) is 13.8 Å². The lowest BCUT2D eigenvalue weighted by Crippen LogP contribution is -2.34. The van der Waals surface area contributed by atoms with Crippen LogP contribution in [0.1, 0.15) is 33.8 Å². The maximum Gasteiger partial charge on any atom is 0.123 e. The van der Waals surface area contributed by atoms with Crippen molar-refractivity contribution in [2.75, 3.05) is 6.54 Å². The lowest BCUT2D eigenvalue weighted by molar-refractivity contribution is 0.181. The second-order valence-electron chi connectivity index (χ2n) is 5.41. The van der Waals surface area contributed by atoms with Crippen LogP contribution in [0.4, 0.5) is 0 Å². The molecule has 0 bridgehead atoms. The van der Waals surface area contributed by atoms with E-state index in [0.717, 1.165) is 18.7 Å². The average molecular weight is 287 g/mol. The quantitative estimate of drug-likeness (QED) is 0.917. The van der Waals surface area contributed by atoms with Crippen LogP contribution in [0.25, 0.3) is 0 Å². The molecule has 0 spiro atoms. The highest BCUT2D eigenvalue weighted by molar-refractivity contribution is 7.12. The summed E-state index contributed by atoms with van der Waals surface area (Å²) in [6, 6.07) is 10.9. The molecule has 2 aromatic rings. The first-order chi connectivity index (χ1) is 9.69. The van der Waals surface area contributed by atoms with Crippen LogP contribution in [0.5, 0.6) is 5.75 Å². The number of benzene rings is 1. The Balaban J connectivity index is 1.88. The van der Waals surface area contributed by atoms with Crippen molar-refractivity contribution in [1.82, 2.24) is 5.32 Å². The van der Waals surface area contributed by atoms with Gasteiger partial charge in [-0.15, -0.1) is 11.3 Å². The lowest BCUT2D eigenvalue weighted by Gasteiger charge is -2.24. The molecular formula is C17H21NOS. The molecule has 1 aromatic carbocycles. The molecule has 0 aliphatic carbocycles. The number of thiophene rings is 1. The fourth-order valence-corrected chi connectivity index (χ4v) is 4.14. The SMILES string of the molecule is CCNC(c1sc(C)cc1C)C1Cc2ccccc2O1. The predicted molar refractivity (Wildman–Crippen MR) is 84.8 cm³/mol. The molecule has 0 radical (unpaired) electrons. The molecule has 1 aliphatic heterocycles. The number of likely N-dealkylation sites (N-methyl/N-ethyl adjacent to an activating group) is 1. The second-order valence-corrected chi connectivity index (χ2v) is 6.70. The van der Waals surface area contributed by atoms with Crippen LogP contribution in [0.3, 0.4) is 0 Å². The summed E-state index contributed by atoms with van der Waals surface area (Å²) < 4.78 is 6.18. The topological polar surface area (TPSA) is 21.3 Å². The van der Waals surface area contributed by atoms with Gasteiger partial charge in [0.2, 0.25) is 0 Å². The molecule has 2 unspecified atom stereocenters. The van der Waals surface area contributed by atoms with Crippen LogP contribution in [0.15, 0.2) is 30.3 Å². The van der Waals surface area contributed by atoms with Gasteiger partial charge < -0.3 is 10.1 Å². The average Bonchev–Trinajstić information content (AvgIpc) is 2.99. The van der Waals surface area contributed by atoms with Crippen LogP contribution >= 0.6 is 11.3 Å². The Morgan fingerprint density at radius 1 is 1.35 bits per heavy atom. The van der Waals surface area contributed by atoms with Crippen molar-refractivity contribution in [3.8, 4) is 5.75 Å². The second kappa shape index (κ2) is 5.58. The molecule has 0 amide bonds. The molecule has 1 N–H and O–H groups in total. The minimum Gasteiger partial charge on any atom is -0.488 e. The predicted octanol–water partition coefficient (Wildman–Crippen LogP) is 4.02. The van der Waals surface area contributed by atoms with Crippen molar-refractivity contribution in [3.63, 3.8) is 0 Å². The summed E-state index contributed by atoms with van der Waals surface area (Å²) in [6.07, 6.45) is 1.19. The van der Waals surface area contributed by atoms with Gasteiger partial charge in [0.25, 0.3) is 0 Å². The van der Waals surface area contributed by atoms with Crippen LogP contribution < -0.4 is 10.1 Å². The summed E-state index contributed by atoms with van der Waals surface area (Å²) in [5.74, 6) is 1.05. The number of hydrogen-bond donors (Lipinski definition) is 1. The Hall–Kier alpha value is -1.32. The zero-order chi connectivity index (χ0) is 14.1. The van der Waals surface area contributed by atoms with Crippen molar-refractivity contribution in [1.29, 1.82) is 0 Å². The Morgan fingerprint density at radius 2 is 2.15 bits per heavy atom. The molecule has 2 heterocycles. The molecule has 1 aromatic heterocycles. The standard InChI is InChI=1S/C17H21NOS/c1-4-18-16(17-11(2)9-12(3)20-17)15-10-13-7-5-6-8-14(13)19-15/h5-9,15-16,18H,4,10H2,1-3H3. The molecule has 3 rings (SSSR count). The van der Waals surface area contributed by atoms with E-state index in [1.54, 1.807) is 0 Å². The molecule has 106 valence electrons. The first-order valence-corrected chi connectivity index (χ1v) is 8.05. The minimum absolute atomic E-state index is 0.198. The highest BCUT2D eigenvalue weighted by atomic mass is 32.1. The maximum atomic E-state index is 6.18. The summed E-state index contributed by atoms with van der Waals surface area (Å²) >= 11 is 1.89. The number of fused-ring (bicyclic) bond motifs is 1.